The lowest BCUT2D eigenvalue weighted by Crippen LogP contribution is -2.62. The molecule has 2 fully saturated rings. The van der Waals surface area contributed by atoms with Gasteiger partial charge in [0.1, 0.15) is 5.82 Å². The summed E-state index contributed by atoms with van der Waals surface area (Å²) in [6.45, 7) is 14.4. The summed E-state index contributed by atoms with van der Waals surface area (Å²) in [5, 5.41) is 3.32. The van der Waals surface area contributed by atoms with E-state index in [-0.39, 0.29) is 17.3 Å². The number of likely N-dealkylation sites (tertiary alicyclic amines) is 1. The van der Waals surface area contributed by atoms with Crippen LogP contribution in [0.2, 0.25) is 0 Å². The second kappa shape index (κ2) is 12.5. The maximum Gasteiger partial charge on any atom is 0.252 e. The quantitative estimate of drug-likeness (QED) is 0.712. The molecule has 31 heavy (non-hydrogen) atoms. The van der Waals surface area contributed by atoms with Crippen LogP contribution >= 0.6 is 0 Å². The fraction of sp³-hybridized carbons (Fsp3) is 0.708. The lowest BCUT2D eigenvalue weighted by molar-refractivity contribution is 0.0534. The van der Waals surface area contributed by atoms with Crippen LogP contribution < -0.4 is 5.32 Å². The summed E-state index contributed by atoms with van der Waals surface area (Å²) in [6.07, 6.45) is 1.82. The van der Waals surface area contributed by atoms with Gasteiger partial charge in [0.25, 0.3) is 5.91 Å². The van der Waals surface area contributed by atoms with Crippen molar-refractivity contribution in [1.82, 2.24) is 20.0 Å². The van der Waals surface area contributed by atoms with E-state index < -0.39 is 0 Å². The van der Waals surface area contributed by atoms with E-state index in [2.05, 4.69) is 27.1 Å². The summed E-state index contributed by atoms with van der Waals surface area (Å²) in [5.41, 5.74) is 0.975. The Bertz CT molecular complexity index is 684. The summed E-state index contributed by atoms with van der Waals surface area (Å²) < 4.78 is 18.9. The third-order valence-electron chi connectivity index (χ3n) is 6.37. The van der Waals surface area contributed by atoms with Crippen molar-refractivity contribution < 1.29 is 13.9 Å². The highest BCUT2D eigenvalue weighted by Crippen LogP contribution is 2.25. The van der Waals surface area contributed by atoms with Crippen LogP contribution in [0.3, 0.4) is 0 Å². The number of halogens is 1. The molecule has 0 unspecified atom stereocenters. The first-order valence-corrected chi connectivity index (χ1v) is 11.6. The van der Waals surface area contributed by atoms with Gasteiger partial charge in [-0.15, -0.1) is 0 Å². The molecule has 3 rings (SSSR count). The zero-order valence-electron chi connectivity index (χ0n) is 20.0. The molecule has 0 radical (unpaired) electrons. The number of methoxy groups -OCH3 is 1. The maximum atomic E-state index is 13.7. The molecule has 176 valence electrons. The average molecular weight is 437 g/mol. The molecule has 0 bridgehead atoms. The average Bonchev–Trinajstić information content (AvgIpc) is 2.78. The number of piperidine rings is 1. The zero-order valence-corrected chi connectivity index (χ0v) is 20.0. The minimum Gasteiger partial charge on any atom is -0.383 e. The molecule has 2 saturated heterocycles. The van der Waals surface area contributed by atoms with E-state index >= 15 is 0 Å². The molecule has 2 aliphatic heterocycles. The number of carbonyl (C=O) groups excluding carboxylic acids is 1. The summed E-state index contributed by atoms with van der Waals surface area (Å²) >= 11 is 0. The predicted molar refractivity (Wildman–Crippen MR) is 124 cm³/mol. The molecular weight excluding hydrogens is 395 g/mol. The Morgan fingerprint density at radius 3 is 2.32 bits per heavy atom. The predicted octanol–water partition coefficient (Wildman–Crippen LogP) is 2.62. The van der Waals surface area contributed by atoms with Gasteiger partial charge in [-0.3, -0.25) is 14.6 Å². The summed E-state index contributed by atoms with van der Waals surface area (Å²) in [7, 11) is 3.86. The van der Waals surface area contributed by atoms with Gasteiger partial charge in [0.2, 0.25) is 0 Å². The van der Waals surface area contributed by atoms with Gasteiger partial charge in [0.15, 0.2) is 0 Å². The molecule has 1 aromatic carbocycles. The molecule has 0 atom stereocenters. The number of nitrogens with zero attached hydrogens (tertiary/aromatic N) is 3. The van der Waals surface area contributed by atoms with Crippen molar-refractivity contribution in [1.29, 1.82) is 0 Å². The van der Waals surface area contributed by atoms with Gasteiger partial charge in [0, 0.05) is 65.0 Å². The van der Waals surface area contributed by atoms with Crippen LogP contribution in [0.5, 0.6) is 0 Å². The zero-order chi connectivity index (χ0) is 22.9. The van der Waals surface area contributed by atoms with Crippen molar-refractivity contribution in [2.24, 2.45) is 0 Å². The molecule has 1 amide bonds. The molecule has 1 aromatic rings. The number of benzene rings is 1. The summed E-state index contributed by atoms with van der Waals surface area (Å²) in [4.78, 5) is 20.3. The van der Waals surface area contributed by atoms with Crippen molar-refractivity contribution in [3.63, 3.8) is 0 Å². The number of carbonyl (C=O) groups is 1. The monoisotopic (exact) mass is 436 g/mol. The van der Waals surface area contributed by atoms with E-state index in [9.17, 15) is 9.18 Å². The van der Waals surface area contributed by atoms with Gasteiger partial charge < -0.3 is 15.0 Å². The molecule has 0 aliphatic carbocycles. The Morgan fingerprint density at radius 2 is 1.71 bits per heavy atom. The normalized spacial score (nSPS) is 20.1. The molecule has 7 heteroatoms. The fourth-order valence-corrected chi connectivity index (χ4v) is 4.34. The summed E-state index contributed by atoms with van der Waals surface area (Å²) in [5.74, 6) is -0.532. The minimum atomic E-state index is -0.370. The van der Waals surface area contributed by atoms with E-state index in [1.807, 2.05) is 20.8 Å². The van der Waals surface area contributed by atoms with Crippen LogP contribution in [0.1, 0.15) is 42.6 Å². The van der Waals surface area contributed by atoms with Gasteiger partial charge in [-0.05, 0) is 44.5 Å². The van der Waals surface area contributed by atoms with E-state index in [1.54, 1.807) is 13.2 Å². The number of hydrogen-bond acceptors (Lipinski definition) is 5. The molecule has 1 N–H and O–H groups in total. The van der Waals surface area contributed by atoms with Crippen LogP contribution in [0.25, 0.3) is 0 Å². The number of hydrogen-bond donors (Lipinski definition) is 1. The van der Waals surface area contributed by atoms with Gasteiger partial charge in [-0.2, -0.15) is 0 Å². The number of aryl methyl sites for hydroxylation is 1. The second-order valence-electron chi connectivity index (χ2n) is 8.61. The minimum absolute atomic E-state index is 0.162. The first-order chi connectivity index (χ1) is 14.9. The first kappa shape index (κ1) is 25.7. The van der Waals surface area contributed by atoms with Gasteiger partial charge in [-0.1, -0.05) is 19.9 Å². The number of piperazine rings is 1. The lowest BCUT2D eigenvalue weighted by Gasteiger charge is -2.46. The fourth-order valence-electron chi connectivity index (χ4n) is 4.34. The third-order valence-corrected chi connectivity index (χ3v) is 6.37. The second-order valence-corrected chi connectivity index (χ2v) is 8.61. The number of ether oxygens (including phenoxy) is 1. The van der Waals surface area contributed by atoms with Crippen molar-refractivity contribution in [3.05, 3.63) is 35.1 Å². The SMILES string of the molecule is CC.COCCN1CCN(CC2(NC(=O)c3cc(F)ccc3C)CCN(C)CC2)CC1. The highest BCUT2D eigenvalue weighted by atomic mass is 19.1. The highest BCUT2D eigenvalue weighted by Gasteiger charge is 2.37. The topological polar surface area (TPSA) is 48.1 Å². The lowest BCUT2D eigenvalue weighted by atomic mass is 9.86. The van der Waals surface area contributed by atoms with Crippen LogP contribution in [0.15, 0.2) is 18.2 Å². The Kier molecular flexibility index (Phi) is 10.4. The number of nitrogens with one attached hydrogen (secondary N) is 1. The van der Waals surface area contributed by atoms with E-state index in [1.165, 1.54) is 12.1 Å². The van der Waals surface area contributed by atoms with Crippen LogP contribution in [0.4, 0.5) is 4.39 Å². The maximum absolute atomic E-state index is 13.7. The molecule has 6 nitrogen and oxygen atoms in total. The highest BCUT2D eigenvalue weighted by molar-refractivity contribution is 5.96. The van der Waals surface area contributed by atoms with Crippen molar-refractivity contribution in [2.45, 2.75) is 39.2 Å². The van der Waals surface area contributed by atoms with Crippen LogP contribution in [0, 0.1) is 12.7 Å². The first-order valence-electron chi connectivity index (χ1n) is 11.6. The van der Waals surface area contributed by atoms with Gasteiger partial charge in [0.05, 0.1) is 12.1 Å². The van der Waals surface area contributed by atoms with Gasteiger partial charge >= 0.3 is 0 Å². The van der Waals surface area contributed by atoms with Crippen LogP contribution in [-0.4, -0.2) is 99.3 Å². The standard InChI is InChI=1S/C22H35FN4O2.C2H6/c1-18-4-5-19(23)16-20(18)21(28)24-22(6-8-25(2)9-7-22)17-27-12-10-26(11-13-27)14-15-29-3;1-2/h4-5,16H,6-15,17H2,1-3H3,(H,24,28);1-2H3. The Balaban J connectivity index is 0.00000166. The molecule has 2 heterocycles. The smallest absolute Gasteiger partial charge is 0.252 e. The Labute approximate surface area is 187 Å². The van der Waals surface area contributed by atoms with Crippen LogP contribution in [-0.2, 0) is 4.74 Å². The molecule has 0 saturated carbocycles. The van der Waals surface area contributed by atoms with Crippen molar-refractivity contribution in [3.8, 4) is 0 Å². The number of amides is 1. The Morgan fingerprint density at radius 1 is 1.10 bits per heavy atom. The van der Waals surface area contributed by atoms with E-state index in [0.29, 0.717) is 5.56 Å². The van der Waals surface area contributed by atoms with E-state index in [0.717, 1.165) is 77.4 Å². The number of rotatable bonds is 7. The van der Waals surface area contributed by atoms with E-state index in [4.69, 9.17) is 4.74 Å². The summed E-state index contributed by atoms with van der Waals surface area (Å²) in [6, 6.07) is 4.42. The molecular formula is C24H41FN4O2. The largest absolute Gasteiger partial charge is 0.383 e. The van der Waals surface area contributed by atoms with Gasteiger partial charge in [-0.25, -0.2) is 4.39 Å². The van der Waals surface area contributed by atoms with Crippen molar-refractivity contribution in [2.75, 3.05) is 73.1 Å². The molecule has 2 aliphatic rings. The molecule has 0 spiro atoms. The third kappa shape index (κ3) is 7.52. The molecule has 0 aromatic heterocycles. The Hall–Kier alpha value is -1.54. The van der Waals surface area contributed by atoms with Crippen molar-refractivity contribution >= 4 is 5.91 Å².